The first-order valence-corrected chi connectivity index (χ1v) is 7.92. The van der Waals surface area contributed by atoms with E-state index in [0.29, 0.717) is 22.0 Å². The fourth-order valence-corrected chi connectivity index (χ4v) is 3.56. The summed E-state index contributed by atoms with van der Waals surface area (Å²) >= 11 is 6.07. The van der Waals surface area contributed by atoms with Crippen LogP contribution in [0.15, 0.2) is 12.1 Å². The molecule has 5 nitrogen and oxygen atoms in total. The van der Waals surface area contributed by atoms with Crippen molar-refractivity contribution >= 4 is 35.6 Å². The molecule has 1 amide bonds. The summed E-state index contributed by atoms with van der Waals surface area (Å²) in [7, 11) is 1.53. The van der Waals surface area contributed by atoms with Crippen molar-refractivity contribution in [3.8, 4) is 5.75 Å². The number of nitrogen functional groups attached to an aromatic ring is 1. The lowest BCUT2D eigenvalue weighted by molar-refractivity contribution is 0.0190. The number of benzene rings is 1. The molecule has 2 N–H and O–H groups in total. The Hall–Kier alpha value is -1.17. The van der Waals surface area contributed by atoms with E-state index in [9.17, 15) is 4.79 Å². The van der Waals surface area contributed by atoms with Crippen LogP contribution in [0.1, 0.15) is 29.6 Å². The Bertz CT molecular complexity index is 589. The van der Waals surface area contributed by atoms with Crippen LogP contribution >= 0.6 is 24.0 Å². The van der Waals surface area contributed by atoms with Gasteiger partial charge in [0.15, 0.2) is 0 Å². The molecule has 2 saturated heterocycles. The van der Waals surface area contributed by atoms with Crippen molar-refractivity contribution < 1.29 is 14.3 Å². The second-order valence-electron chi connectivity index (χ2n) is 6.16. The SMILES string of the molecule is COc1cc(N)c(Cl)cc1C(=O)N1CCC2(CCOCC2)C1.Cl. The molecule has 7 heteroatoms. The first kappa shape index (κ1) is 18.2. The van der Waals surface area contributed by atoms with Crippen LogP contribution in [0.4, 0.5) is 5.69 Å². The lowest BCUT2D eigenvalue weighted by Gasteiger charge is -2.33. The molecule has 0 atom stereocenters. The standard InChI is InChI=1S/C16H21ClN2O3.ClH/c1-21-14-9-13(18)12(17)8-11(14)15(20)19-5-2-16(10-19)3-6-22-7-4-16;/h8-9H,2-7,10,18H2,1H3;1H. The van der Waals surface area contributed by atoms with Crippen LogP contribution in [0, 0.1) is 5.41 Å². The van der Waals surface area contributed by atoms with Gasteiger partial charge in [-0.25, -0.2) is 0 Å². The van der Waals surface area contributed by atoms with Crippen molar-refractivity contribution in [1.29, 1.82) is 0 Å². The van der Waals surface area contributed by atoms with E-state index < -0.39 is 0 Å². The topological polar surface area (TPSA) is 64.8 Å². The highest BCUT2D eigenvalue weighted by Gasteiger charge is 2.41. The quantitative estimate of drug-likeness (QED) is 0.823. The number of carbonyl (C=O) groups excluding carboxylic acids is 1. The molecule has 2 aliphatic heterocycles. The maximum absolute atomic E-state index is 12.8. The highest BCUT2D eigenvalue weighted by molar-refractivity contribution is 6.33. The Morgan fingerprint density at radius 2 is 2.04 bits per heavy atom. The number of halogens is 2. The molecule has 2 heterocycles. The van der Waals surface area contributed by atoms with Crippen LogP contribution in [0.5, 0.6) is 5.75 Å². The van der Waals surface area contributed by atoms with Crippen molar-refractivity contribution in [3.05, 3.63) is 22.7 Å². The molecule has 0 saturated carbocycles. The first-order chi connectivity index (χ1) is 10.5. The minimum atomic E-state index is -0.0397. The minimum absolute atomic E-state index is 0. The summed E-state index contributed by atoms with van der Waals surface area (Å²) in [6.45, 7) is 3.13. The number of nitrogens with zero attached hydrogens (tertiary/aromatic N) is 1. The average Bonchev–Trinajstić information content (AvgIpc) is 2.93. The molecule has 3 rings (SSSR count). The number of anilines is 1. The number of hydrogen-bond acceptors (Lipinski definition) is 4. The lowest BCUT2D eigenvalue weighted by atomic mass is 9.80. The van der Waals surface area contributed by atoms with Gasteiger partial charge in [-0.05, 0) is 30.7 Å². The predicted molar refractivity (Wildman–Crippen MR) is 92.7 cm³/mol. The van der Waals surface area contributed by atoms with Gasteiger partial charge < -0.3 is 20.1 Å². The zero-order chi connectivity index (χ0) is 15.7. The van der Waals surface area contributed by atoms with Crippen LogP contribution in [-0.2, 0) is 4.74 Å². The Labute approximate surface area is 147 Å². The Morgan fingerprint density at radius 1 is 1.35 bits per heavy atom. The highest BCUT2D eigenvalue weighted by atomic mass is 35.5. The van der Waals surface area contributed by atoms with Crippen molar-refractivity contribution in [2.75, 3.05) is 39.1 Å². The molecule has 2 aliphatic rings. The van der Waals surface area contributed by atoms with Gasteiger partial charge in [0.2, 0.25) is 0 Å². The molecule has 1 aromatic rings. The smallest absolute Gasteiger partial charge is 0.257 e. The molecule has 1 spiro atoms. The van der Waals surface area contributed by atoms with Gasteiger partial charge in [-0.2, -0.15) is 0 Å². The molecule has 23 heavy (non-hydrogen) atoms. The van der Waals surface area contributed by atoms with Gasteiger partial charge in [-0.3, -0.25) is 4.79 Å². The number of rotatable bonds is 2. The predicted octanol–water partition coefficient (Wildman–Crippen LogP) is 3.00. The second kappa shape index (κ2) is 7.16. The van der Waals surface area contributed by atoms with E-state index >= 15 is 0 Å². The number of methoxy groups -OCH3 is 1. The molecule has 0 unspecified atom stereocenters. The Balaban J connectivity index is 0.00000192. The third-order valence-corrected chi connectivity index (χ3v) is 5.16. The normalized spacial score (nSPS) is 19.5. The van der Waals surface area contributed by atoms with Crippen LogP contribution < -0.4 is 10.5 Å². The third-order valence-electron chi connectivity index (χ3n) is 4.83. The Morgan fingerprint density at radius 3 is 2.70 bits per heavy atom. The van der Waals surface area contributed by atoms with Gasteiger partial charge in [-0.15, -0.1) is 12.4 Å². The van der Waals surface area contributed by atoms with Gasteiger partial charge in [-0.1, -0.05) is 11.6 Å². The van der Waals surface area contributed by atoms with Gasteiger partial charge in [0.25, 0.3) is 5.91 Å². The highest BCUT2D eigenvalue weighted by Crippen LogP contribution is 2.41. The summed E-state index contributed by atoms with van der Waals surface area (Å²) in [5.41, 5.74) is 6.89. The van der Waals surface area contributed by atoms with E-state index in [2.05, 4.69) is 0 Å². The monoisotopic (exact) mass is 360 g/mol. The maximum Gasteiger partial charge on any atom is 0.257 e. The molecule has 2 fully saturated rings. The largest absolute Gasteiger partial charge is 0.496 e. The summed E-state index contributed by atoms with van der Waals surface area (Å²) in [6.07, 6.45) is 3.08. The molecule has 128 valence electrons. The Kier molecular flexibility index (Phi) is 5.65. The van der Waals surface area contributed by atoms with Crippen LogP contribution in [-0.4, -0.2) is 44.2 Å². The zero-order valence-corrected chi connectivity index (χ0v) is 14.7. The minimum Gasteiger partial charge on any atom is -0.496 e. The number of nitrogens with two attached hydrogens (primary N) is 1. The molecule has 1 aromatic carbocycles. The fourth-order valence-electron chi connectivity index (χ4n) is 3.40. The van der Waals surface area contributed by atoms with E-state index in [4.69, 9.17) is 26.8 Å². The number of amides is 1. The van der Waals surface area contributed by atoms with Crippen LogP contribution in [0.3, 0.4) is 0 Å². The summed E-state index contributed by atoms with van der Waals surface area (Å²) in [6, 6.07) is 3.21. The number of hydrogen-bond donors (Lipinski definition) is 1. The maximum atomic E-state index is 12.8. The van der Waals surface area contributed by atoms with Gasteiger partial charge in [0.05, 0.1) is 23.4 Å². The van der Waals surface area contributed by atoms with E-state index in [1.54, 1.807) is 12.1 Å². The molecule has 0 aliphatic carbocycles. The van der Waals surface area contributed by atoms with Crippen LogP contribution in [0.25, 0.3) is 0 Å². The van der Waals surface area contributed by atoms with E-state index in [-0.39, 0.29) is 23.7 Å². The molecular formula is C16H22Cl2N2O3. The van der Waals surface area contributed by atoms with Crippen molar-refractivity contribution in [3.63, 3.8) is 0 Å². The van der Waals surface area contributed by atoms with Gasteiger partial charge >= 0.3 is 0 Å². The summed E-state index contributed by atoms with van der Waals surface area (Å²) in [5.74, 6) is 0.432. The summed E-state index contributed by atoms with van der Waals surface area (Å²) < 4.78 is 10.7. The molecular weight excluding hydrogens is 339 g/mol. The lowest BCUT2D eigenvalue weighted by Crippen LogP contribution is -2.35. The molecule has 0 bridgehead atoms. The van der Waals surface area contributed by atoms with E-state index in [0.717, 1.165) is 45.6 Å². The second-order valence-corrected chi connectivity index (χ2v) is 6.57. The average molecular weight is 361 g/mol. The fraction of sp³-hybridized carbons (Fsp3) is 0.562. The van der Waals surface area contributed by atoms with E-state index in [1.165, 1.54) is 7.11 Å². The molecule has 0 radical (unpaired) electrons. The number of likely N-dealkylation sites (tertiary alicyclic amines) is 1. The van der Waals surface area contributed by atoms with E-state index in [1.807, 2.05) is 4.90 Å². The van der Waals surface area contributed by atoms with Crippen molar-refractivity contribution in [1.82, 2.24) is 4.90 Å². The zero-order valence-electron chi connectivity index (χ0n) is 13.1. The first-order valence-electron chi connectivity index (χ1n) is 7.55. The molecule has 0 aromatic heterocycles. The van der Waals surface area contributed by atoms with Crippen molar-refractivity contribution in [2.24, 2.45) is 5.41 Å². The number of carbonyl (C=O) groups is 1. The van der Waals surface area contributed by atoms with Gasteiger partial charge in [0, 0.05) is 32.4 Å². The van der Waals surface area contributed by atoms with Gasteiger partial charge in [0.1, 0.15) is 5.75 Å². The third kappa shape index (κ3) is 3.52. The summed E-state index contributed by atoms with van der Waals surface area (Å²) in [4.78, 5) is 14.7. The number of ether oxygens (including phenoxy) is 2. The van der Waals surface area contributed by atoms with Crippen molar-refractivity contribution in [2.45, 2.75) is 19.3 Å². The summed E-state index contributed by atoms with van der Waals surface area (Å²) in [5, 5.41) is 0.379. The van der Waals surface area contributed by atoms with Crippen LogP contribution in [0.2, 0.25) is 5.02 Å².